The van der Waals surface area contributed by atoms with Gasteiger partial charge in [0.15, 0.2) is 6.29 Å². The highest BCUT2D eigenvalue weighted by Crippen LogP contribution is 2.31. The Balaban J connectivity index is 0.000000216. The van der Waals surface area contributed by atoms with Gasteiger partial charge in [-0.05, 0) is 48.5 Å². The van der Waals surface area contributed by atoms with Gasteiger partial charge in [-0.15, -0.1) is 10.2 Å². The lowest BCUT2D eigenvalue weighted by Crippen LogP contribution is -2.05. The number of aldehydes is 1. The van der Waals surface area contributed by atoms with Crippen LogP contribution in [0.2, 0.25) is 0 Å². The van der Waals surface area contributed by atoms with Crippen molar-refractivity contribution in [1.82, 2.24) is 19.6 Å². The molecule has 2 aromatic heterocycles. The van der Waals surface area contributed by atoms with Crippen LogP contribution >= 0.6 is 0 Å². The van der Waals surface area contributed by atoms with E-state index in [9.17, 15) is 31.1 Å². The minimum atomic E-state index is -4.38. The van der Waals surface area contributed by atoms with Crippen molar-refractivity contribution in [3.8, 4) is 23.1 Å². The molecule has 0 radical (unpaired) electrons. The van der Waals surface area contributed by atoms with Crippen LogP contribution in [0.4, 0.5) is 26.3 Å². The first-order chi connectivity index (χ1) is 18.4. The number of alkyl halides is 6. The predicted molar refractivity (Wildman–Crippen MR) is 125 cm³/mol. The number of hydrogen-bond donors (Lipinski definition) is 1. The summed E-state index contributed by atoms with van der Waals surface area (Å²) in [6.45, 7) is 0. The highest BCUT2D eigenvalue weighted by molar-refractivity contribution is 5.82. The van der Waals surface area contributed by atoms with Crippen molar-refractivity contribution in [1.29, 1.82) is 0 Å². The molecule has 0 aliphatic heterocycles. The molecular formula is C24H19F6N5O4. The van der Waals surface area contributed by atoms with Gasteiger partial charge >= 0.3 is 12.4 Å². The molecule has 0 bridgehead atoms. The van der Waals surface area contributed by atoms with E-state index in [1.807, 2.05) is 0 Å². The van der Waals surface area contributed by atoms with E-state index in [1.54, 1.807) is 0 Å². The lowest BCUT2D eigenvalue weighted by molar-refractivity contribution is -0.138. The van der Waals surface area contributed by atoms with Crippen LogP contribution < -0.4 is 9.47 Å². The summed E-state index contributed by atoms with van der Waals surface area (Å²) < 4.78 is 87.1. The summed E-state index contributed by atoms with van der Waals surface area (Å²) in [5.74, 6) is 0.317. The normalized spacial score (nSPS) is 11.7. The molecule has 206 valence electrons. The van der Waals surface area contributed by atoms with Crippen molar-refractivity contribution in [2.45, 2.75) is 12.4 Å². The Kier molecular flexibility index (Phi) is 8.63. The van der Waals surface area contributed by atoms with Crippen LogP contribution in [0, 0.1) is 0 Å². The van der Waals surface area contributed by atoms with Crippen molar-refractivity contribution in [2.24, 2.45) is 5.16 Å². The summed E-state index contributed by atoms with van der Waals surface area (Å²) in [5, 5.41) is 19.3. The maximum Gasteiger partial charge on any atom is 0.416 e. The van der Waals surface area contributed by atoms with Gasteiger partial charge in [0.2, 0.25) is 11.8 Å². The molecule has 9 nitrogen and oxygen atoms in total. The van der Waals surface area contributed by atoms with Crippen molar-refractivity contribution in [3.05, 3.63) is 83.2 Å². The summed E-state index contributed by atoms with van der Waals surface area (Å²) in [7, 11) is 2.74. The molecule has 0 unspecified atom stereocenters. The number of nitrogens with zero attached hydrogens (tertiary/aromatic N) is 5. The molecule has 15 heteroatoms. The Labute approximate surface area is 216 Å². The first-order valence-corrected chi connectivity index (χ1v) is 10.7. The number of halogens is 6. The molecule has 0 fully saturated rings. The molecule has 0 saturated heterocycles. The maximum absolute atomic E-state index is 12.5. The third kappa shape index (κ3) is 6.94. The Morgan fingerprint density at radius 1 is 0.744 bits per heavy atom. The number of benzene rings is 2. The first-order valence-electron chi connectivity index (χ1n) is 10.7. The number of carbonyl (C=O) groups is 1. The van der Waals surface area contributed by atoms with Crippen LogP contribution in [-0.2, 0) is 12.4 Å². The van der Waals surface area contributed by atoms with E-state index in [0.717, 1.165) is 30.5 Å². The fourth-order valence-corrected chi connectivity index (χ4v) is 3.16. The van der Waals surface area contributed by atoms with Gasteiger partial charge in [-0.25, -0.2) is 9.36 Å². The Morgan fingerprint density at radius 3 is 1.44 bits per heavy atom. The zero-order chi connectivity index (χ0) is 28.8. The van der Waals surface area contributed by atoms with Gasteiger partial charge in [0, 0.05) is 12.4 Å². The Morgan fingerprint density at radius 2 is 1.13 bits per heavy atom. The van der Waals surface area contributed by atoms with E-state index in [1.165, 1.54) is 60.2 Å². The van der Waals surface area contributed by atoms with E-state index >= 15 is 0 Å². The molecule has 0 aliphatic rings. The largest absolute Gasteiger partial charge is 0.479 e. The molecule has 0 saturated carbocycles. The van der Waals surface area contributed by atoms with Crippen LogP contribution in [0.25, 0.3) is 11.4 Å². The van der Waals surface area contributed by atoms with Crippen LogP contribution in [0.1, 0.15) is 27.0 Å². The Hall–Kier alpha value is -4.82. The quantitative estimate of drug-likeness (QED) is 0.112. The van der Waals surface area contributed by atoms with E-state index in [0.29, 0.717) is 23.2 Å². The first kappa shape index (κ1) is 28.7. The topological polar surface area (TPSA) is 104 Å². The van der Waals surface area contributed by atoms with Crippen molar-refractivity contribution < 1.29 is 45.8 Å². The lowest BCUT2D eigenvalue weighted by atomic mass is 10.2. The summed E-state index contributed by atoms with van der Waals surface area (Å²) in [6, 6.07) is 8.93. The maximum atomic E-state index is 12.5. The fraction of sp³-hybridized carbons (Fsp3) is 0.167. The van der Waals surface area contributed by atoms with Gasteiger partial charge < -0.3 is 14.7 Å². The average Bonchev–Trinajstić information content (AvgIpc) is 3.52. The van der Waals surface area contributed by atoms with E-state index in [4.69, 9.17) is 14.7 Å². The summed E-state index contributed by atoms with van der Waals surface area (Å²) in [4.78, 5) is 10.7. The second kappa shape index (κ2) is 11.7. The number of ether oxygens (including phenoxy) is 2. The zero-order valence-electron chi connectivity index (χ0n) is 20.1. The van der Waals surface area contributed by atoms with Crippen LogP contribution in [0.5, 0.6) is 11.8 Å². The van der Waals surface area contributed by atoms with Gasteiger partial charge in [-0.3, -0.25) is 4.79 Å². The third-order valence-corrected chi connectivity index (χ3v) is 5.04. The predicted octanol–water partition coefficient (Wildman–Crippen LogP) is 5.42. The molecule has 4 aromatic rings. The molecule has 0 spiro atoms. The van der Waals surface area contributed by atoms with Crippen molar-refractivity contribution >= 4 is 12.5 Å². The molecule has 0 aliphatic carbocycles. The molecule has 0 amide bonds. The van der Waals surface area contributed by atoms with Crippen LogP contribution in [-0.4, -0.2) is 51.5 Å². The molecular weight excluding hydrogens is 536 g/mol. The molecule has 2 aromatic carbocycles. The monoisotopic (exact) mass is 555 g/mol. The average molecular weight is 555 g/mol. The lowest BCUT2D eigenvalue weighted by Gasteiger charge is -2.07. The van der Waals surface area contributed by atoms with E-state index < -0.39 is 23.5 Å². The molecule has 1 N–H and O–H groups in total. The molecule has 2 heterocycles. The number of hydrogen-bond acceptors (Lipinski definition) is 7. The second-order valence-corrected chi connectivity index (χ2v) is 7.53. The van der Waals surface area contributed by atoms with E-state index in [-0.39, 0.29) is 17.3 Å². The van der Waals surface area contributed by atoms with Crippen molar-refractivity contribution in [2.75, 3.05) is 14.2 Å². The minimum Gasteiger partial charge on any atom is -0.479 e. The van der Waals surface area contributed by atoms with Gasteiger partial charge in [0.25, 0.3) is 0 Å². The molecule has 4 rings (SSSR count). The summed E-state index contributed by atoms with van der Waals surface area (Å²) >= 11 is 0. The summed E-state index contributed by atoms with van der Waals surface area (Å²) in [5.41, 5.74) is -0.0333. The standard InChI is InChI=1S/C12H10F3N3O2.C12H9F3N2O2/c1-20-11-8(6-16-19)7-18(17-11)10-4-2-9(3-5-10)12(13,14)15;1-19-11-8(7-18)6-17(16-11)10-4-2-9(3-5-10)12(13,14)15/h2-7,19H,1H3;2-7H,1H3/b16-6+;. The molecule has 39 heavy (non-hydrogen) atoms. The van der Waals surface area contributed by atoms with Crippen LogP contribution in [0.3, 0.4) is 0 Å². The number of oxime groups is 1. The number of methoxy groups -OCH3 is 2. The number of aromatic nitrogens is 4. The number of rotatable bonds is 6. The van der Waals surface area contributed by atoms with Gasteiger partial charge in [-0.1, -0.05) is 5.16 Å². The van der Waals surface area contributed by atoms with Gasteiger partial charge in [-0.2, -0.15) is 26.3 Å². The zero-order valence-corrected chi connectivity index (χ0v) is 20.1. The minimum absolute atomic E-state index is 0.120. The second-order valence-electron chi connectivity index (χ2n) is 7.53. The van der Waals surface area contributed by atoms with Gasteiger partial charge in [0.05, 0.1) is 54.1 Å². The summed E-state index contributed by atoms with van der Waals surface area (Å²) in [6.07, 6.45) is -4.22. The highest BCUT2D eigenvalue weighted by atomic mass is 19.4. The van der Waals surface area contributed by atoms with Crippen molar-refractivity contribution in [3.63, 3.8) is 0 Å². The third-order valence-electron chi connectivity index (χ3n) is 5.04. The van der Waals surface area contributed by atoms with E-state index in [2.05, 4.69) is 15.4 Å². The smallest absolute Gasteiger partial charge is 0.416 e. The Bertz CT molecular complexity index is 1430. The molecule has 0 atom stereocenters. The van der Waals surface area contributed by atoms with Gasteiger partial charge in [0.1, 0.15) is 0 Å². The van der Waals surface area contributed by atoms with Crippen LogP contribution in [0.15, 0.2) is 66.1 Å². The SMILES string of the molecule is COc1nn(-c2ccc(C(F)(F)F)cc2)cc1/C=N/O.COc1nn(-c2ccc(C(F)(F)F)cc2)cc1C=O. The number of carbonyl (C=O) groups excluding carboxylic acids is 1. The highest BCUT2D eigenvalue weighted by Gasteiger charge is 2.30. The fourth-order valence-electron chi connectivity index (χ4n) is 3.16.